The zero-order valence-corrected chi connectivity index (χ0v) is 6.96. The summed E-state index contributed by atoms with van der Waals surface area (Å²) in [5, 5.41) is 2.53. The zero-order valence-electron chi connectivity index (χ0n) is 6.96. The van der Waals surface area contributed by atoms with Gasteiger partial charge in [0.05, 0.1) is 12.5 Å². The number of carbonyl (C=O) groups is 1. The van der Waals surface area contributed by atoms with Crippen LogP contribution in [0.1, 0.15) is 6.92 Å². The molecular weight excluding hydrogens is 170 g/mol. The first-order valence-corrected chi connectivity index (χ1v) is 3.75. The van der Waals surface area contributed by atoms with E-state index in [1.54, 1.807) is 12.5 Å². The summed E-state index contributed by atoms with van der Waals surface area (Å²) in [7, 11) is 0. The largest absolute Gasteiger partial charge is 0.398 e. The van der Waals surface area contributed by atoms with Gasteiger partial charge in [-0.1, -0.05) is 0 Å². The number of nitrogens with one attached hydrogen (secondary N) is 3. The normalized spacial score (nSPS) is 10.2. The van der Waals surface area contributed by atoms with Gasteiger partial charge < -0.3 is 4.98 Å². The van der Waals surface area contributed by atoms with E-state index in [2.05, 4.69) is 25.3 Å². The Morgan fingerprint density at radius 3 is 3.31 bits per heavy atom. The molecule has 0 saturated heterocycles. The van der Waals surface area contributed by atoms with Crippen LogP contribution in [-0.2, 0) is 4.79 Å². The number of hydrogen-bond acceptors (Lipinski definition) is 3. The van der Waals surface area contributed by atoms with Crippen LogP contribution in [0.4, 0.5) is 5.95 Å². The zero-order chi connectivity index (χ0) is 9.26. The molecule has 0 aliphatic carbocycles. The van der Waals surface area contributed by atoms with Gasteiger partial charge in [0.25, 0.3) is 11.6 Å². The minimum atomic E-state index is -0.168. The number of rotatable bonds is 1. The molecule has 6 nitrogen and oxygen atoms in total. The molecule has 0 radical (unpaired) electrons. The maximum Gasteiger partial charge on any atom is 0.398 e. The highest BCUT2D eigenvalue weighted by atomic mass is 16.1. The van der Waals surface area contributed by atoms with Gasteiger partial charge in [0.15, 0.2) is 0 Å². The molecule has 2 heterocycles. The number of H-pyrrole nitrogens is 2. The summed E-state index contributed by atoms with van der Waals surface area (Å²) in [6, 6.07) is 0. The summed E-state index contributed by atoms with van der Waals surface area (Å²) in [5.74, 6) is 0.228. The first-order chi connectivity index (χ1) is 6.25. The molecule has 0 aliphatic rings. The van der Waals surface area contributed by atoms with Crippen LogP contribution in [0.5, 0.6) is 0 Å². The fourth-order valence-corrected chi connectivity index (χ4v) is 1.00. The molecule has 0 unspecified atom stereocenters. The second-order valence-corrected chi connectivity index (χ2v) is 2.57. The summed E-state index contributed by atoms with van der Waals surface area (Å²) in [6.45, 7) is 1.42. The Labute approximate surface area is 73.4 Å². The van der Waals surface area contributed by atoms with E-state index in [1.165, 1.54) is 6.92 Å². The molecule has 6 heteroatoms. The molecule has 13 heavy (non-hydrogen) atoms. The molecule has 2 rings (SSSR count). The third-order valence-corrected chi connectivity index (χ3v) is 1.51. The molecule has 2 aromatic heterocycles. The van der Waals surface area contributed by atoms with Crippen LogP contribution in [-0.4, -0.2) is 20.9 Å². The lowest BCUT2D eigenvalue weighted by Gasteiger charge is -1.89. The number of aromatic amines is 2. The highest BCUT2D eigenvalue weighted by Gasteiger charge is 2.09. The molecule has 0 aliphatic heterocycles. The van der Waals surface area contributed by atoms with E-state index in [4.69, 9.17) is 0 Å². The fourth-order valence-electron chi connectivity index (χ4n) is 1.00. The highest BCUT2D eigenvalue weighted by molar-refractivity contribution is 5.86. The number of carbonyl (C=O) groups excluding carboxylic acids is 1. The second-order valence-electron chi connectivity index (χ2n) is 2.57. The van der Waals surface area contributed by atoms with Crippen molar-refractivity contribution in [3.05, 3.63) is 12.5 Å². The molecule has 1 amide bonds. The van der Waals surface area contributed by atoms with Gasteiger partial charge in [-0.2, -0.15) is 0 Å². The van der Waals surface area contributed by atoms with Crippen molar-refractivity contribution in [2.45, 2.75) is 6.92 Å². The minimum Gasteiger partial charge on any atom is -0.340 e. The third kappa shape index (κ3) is 1.46. The van der Waals surface area contributed by atoms with Crippen LogP contribution in [0, 0.1) is 0 Å². The average molecular weight is 178 g/mol. The Morgan fingerprint density at radius 1 is 1.69 bits per heavy atom. The van der Waals surface area contributed by atoms with Gasteiger partial charge in [0, 0.05) is 6.92 Å². The second kappa shape index (κ2) is 2.81. The number of aromatic nitrogens is 4. The van der Waals surface area contributed by atoms with Gasteiger partial charge in [-0.15, -0.1) is 0 Å². The summed E-state index contributed by atoms with van der Waals surface area (Å²) >= 11 is 0. The van der Waals surface area contributed by atoms with Crippen LogP contribution in [0.2, 0.25) is 0 Å². The lowest BCUT2D eigenvalue weighted by Crippen LogP contribution is -2.18. The van der Waals surface area contributed by atoms with Gasteiger partial charge in [0.2, 0.25) is 0 Å². The van der Waals surface area contributed by atoms with Crippen LogP contribution in [0.3, 0.4) is 0 Å². The SMILES string of the molecule is CC(=O)Nc1nc2nc[nH]c2c[nH+]1. The van der Waals surface area contributed by atoms with Crippen molar-refractivity contribution >= 4 is 23.0 Å². The van der Waals surface area contributed by atoms with Crippen molar-refractivity contribution in [1.82, 2.24) is 15.0 Å². The number of imidazole rings is 1. The molecule has 3 N–H and O–H groups in total. The van der Waals surface area contributed by atoms with Gasteiger partial charge in [-0.3, -0.25) is 4.79 Å². The summed E-state index contributed by atoms with van der Waals surface area (Å²) in [6.07, 6.45) is 3.24. The predicted molar refractivity (Wildman–Crippen MR) is 44.7 cm³/mol. The van der Waals surface area contributed by atoms with E-state index in [0.717, 1.165) is 5.52 Å². The summed E-state index contributed by atoms with van der Waals surface area (Å²) in [5.41, 5.74) is 1.37. The quantitative estimate of drug-likeness (QED) is 0.630. The predicted octanol–water partition coefficient (Wildman–Crippen LogP) is -0.270. The van der Waals surface area contributed by atoms with E-state index in [-0.39, 0.29) is 5.91 Å². The van der Waals surface area contributed by atoms with E-state index >= 15 is 0 Å². The minimum absolute atomic E-state index is 0.168. The molecule has 0 spiro atoms. The van der Waals surface area contributed by atoms with Crippen molar-refractivity contribution in [2.75, 3.05) is 5.32 Å². The van der Waals surface area contributed by atoms with Crippen LogP contribution < -0.4 is 10.3 Å². The summed E-state index contributed by atoms with van der Waals surface area (Å²) < 4.78 is 0. The topological polar surface area (TPSA) is 84.8 Å². The van der Waals surface area contributed by atoms with Crippen molar-refractivity contribution in [3.63, 3.8) is 0 Å². The Kier molecular flexibility index (Phi) is 1.66. The van der Waals surface area contributed by atoms with E-state index < -0.39 is 0 Å². The molecule has 0 bridgehead atoms. The van der Waals surface area contributed by atoms with Gasteiger partial charge in [-0.05, 0) is 4.98 Å². The monoisotopic (exact) mass is 178 g/mol. The molecule has 66 valence electrons. The molecule has 2 aromatic rings. The van der Waals surface area contributed by atoms with E-state index in [0.29, 0.717) is 11.6 Å². The van der Waals surface area contributed by atoms with Crippen LogP contribution in [0.25, 0.3) is 11.2 Å². The Balaban J connectivity index is 2.42. The molecule has 0 saturated carbocycles. The first kappa shape index (κ1) is 7.66. The van der Waals surface area contributed by atoms with Crippen molar-refractivity contribution in [2.24, 2.45) is 0 Å². The Morgan fingerprint density at radius 2 is 2.54 bits per heavy atom. The van der Waals surface area contributed by atoms with Gasteiger partial charge >= 0.3 is 5.95 Å². The standard InChI is InChI=1S/C7H7N5O/c1-4(13)11-7-8-2-5-6(12-7)10-3-9-5/h2-3H,1H3,(H2,8,9,10,11,12,13)/p+1. The van der Waals surface area contributed by atoms with Crippen molar-refractivity contribution in [3.8, 4) is 0 Å². The van der Waals surface area contributed by atoms with Crippen LogP contribution in [0.15, 0.2) is 12.5 Å². The molecule has 0 atom stereocenters. The number of hydrogen-bond donors (Lipinski definition) is 2. The fraction of sp³-hybridized carbons (Fsp3) is 0.143. The highest BCUT2D eigenvalue weighted by Crippen LogP contribution is 2.03. The van der Waals surface area contributed by atoms with Crippen molar-refractivity contribution < 1.29 is 9.78 Å². The molecule has 0 fully saturated rings. The maximum absolute atomic E-state index is 10.7. The van der Waals surface area contributed by atoms with Crippen LogP contribution >= 0.6 is 0 Å². The molecular formula is C7H8N5O+. The maximum atomic E-state index is 10.7. The van der Waals surface area contributed by atoms with Gasteiger partial charge in [-0.25, -0.2) is 15.3 Å². The smallest absolute Gasteiger partial charge is 0.340 e. The lowest BCUT2D eigenvalue weighted by molar-refractivity contribution is -0.362. The van der Waals surface area contributed by atoms with Gasteiger partial charge in [0.1, 0.15) is 5.52 Å². The number of amides is 1. The van der Waals surface area contributed by atoms with E-state index in [1.807, 2.05) is 0 Å². The number of fused-ring (bicyclic) bond motifs is 1. The molecule has 0 aromatic carbocycles. The summed E-state index contributed by atoms with van der Waals surface area (Å²) in [4.78, 5) is 24.4. The first-order valence-electron chi connectivity index (χ1n) is 3.75. The van der Waals surface area contributed by atoms with Crippen molar-refractivity contribution in [1.29, 1.82) is 0 Å². The number of anilines is 1. The lowest BCUT2D eigenvalue weighted by atomic mass is 10.5. The third-order valence-electron chi connectivity index (χ3n) is 1.51. The number of nitrogens with zero attached hydrogens (tertiary/aromatic N) is 2. The average Bonchev–Trinajstić information content (AvgIpc) is 2.49. The Bertz CT molecular complexity index is 449. The van der Waals surface area contributed by atoms with E-state index in [9.17, 15) is 4.79 Å². The Hall–Kier alpha value is -1.98.